The lowest BCUT2D eigenvalue weighted by atomic mass is 10.1. The van der Waals surface area contributed by atoms with Crippen LogP contribution in [0.3, 0.4) is 0 Å². The summed E-state index contributed by atoms with van der Waals surface area (Å²) in [5.41, 5.74) is 1.13. The second-order valence-electron chi connectivity index (χ2n) is 7.23. The number of nitrogens with zero attached hydrogens (tertiary/aromatic N) is 5. The van der Waals surface area contributed by atoms with Gasteiger partial charge in [-0.15, -0.1) is 0 Å². The van der Waals surface area contributed by atoms with Crippen LogP contribution in [-0.4, -0.2) is 37.6 Å². The summed E-state index contributed by atoms with van der Waals surface area (Å²) in [6.45, 7) is 0.762. The third-order valence-electron chi connectivity index (χ3n) is 4.84. The molecular weight excluding hydrogens is 490 g/mol. The summed E-state index contributed by atoms with van der Waals surface area (Å²) in [6.07, 6.45) is 1.52. The van der Waals surface area contributed by atoms with E-state index in [-0.39, 0.29) is 0 Å². The van der Waals surface area contributed by atoms with E-state index in [0.29, 0.717) is 57.5 Å². The Kier molecular flexibility index (Phi) is 6.90. The van der Waals surface area contributed by atoms with Crippen LogP contribution in [0, 0.1) is 0 Å². The zero-order chi connectivity index (χ0) is 24.3. The van der Waals surface area contributed by atoms with Crippen molar-refractivity contribution in [2.45, 2.75) is 6.18 Å². The highest BCUT2D eigenvalue weighted by atomic mass is 35.5. The quantitative estimate of drug-likeness (QED) is 0.308. The predicted octanol–water partition coefficient (Wildman–Crippen LogP) is 5.79. The molecule has 0 saturated heterocycles. The average molecular weight is 508 g/mol. The molecule has 0 unspecified atom stereocenters. The van der Waals surface area contributed by atoms with Crippen LogP contribution in [0.1, 0.15) is 5.56 Å². The molecule has 0 saturated carbocycles. The average Bonchev–Trinajstić information content (AvgIpc) is 3.22. The molecule has 0 aliphatic rings. The van der Waals surface area contributed by atoms with Crippen LogP contribution < -0.4 is 10.6 Å². The Balaban J connectivity index is 1.50. The van der Waals surface area contributed by atoms with Gasteiger partial charge in [0.15, 0.2) is 0 Å². The minimum Gasteiger partial charge on any atom is -0.368 e. The molecule has 3 aromatic heterocycles. The Morgan fingerprint density at radius 2 is 1.74 bits per heavy atom. The van der Waals surface area contributed by atoms with E-state index in [1.54, 1.807) is 30.6 Å². The molecule has 34 heavy (non-hydrogen) atoms. The number of nitrogens with one attached hydrogen (secondary N) is 2. The van der Waals surface area contributed by atoms with Crippen molar-refractivity contribution in [2.75, 3.05) is 23.7 Å². The Morgan fingerprint density at radius 1 is 0.941 bits per heavy atom. The van der Waals surface area contributed by atoms with Crippen LogP contribution >= 0.6 is 23.2 Å². The molecular formula is C22H18Cl2F3N7. The molecule has 0 atom stereocenters. The van der Waals surface area contributed by atoms with Crippen molar-refractivity contribution in [3.05, 3.63) is 70.7 Å². The lowest BCUT2D eigenvalue weighted by Crippen LogP contribution is -2.16. The fourth-order valence-electron chi connectivity index (χ4n) is 3.17. The third kappa shape index (κ3) is 5.40. The molecule has 3 heterocycles. The van der Waals surface area contributed by atoms with Crippen molar-refractivity contribution in [1.82, 2.24) is 24.5 Å². The van der Waals surface area contributed by atoms with E-state index in [2.05, 4.69) is 30.6 Å². The summed E-state index contributed by atoms with van der Waals surface area (Å²) in [6, 6.07) is 7.39. The van der Waals surface area contributed by atoms with Crippen molar-refractivity contribution in [3.63, 3.8) is 0 Å². The van der Waals surface area contributed by atoms with Gasteiger partial charge in [-0.3, -0.25) is 0 Å². The van der Waals surface area contributed by atoms with E-state index in [1.165, 1.54) is 6.07 Å². The number of aromatic nitrogens is 5. The Bertz CT molecular complexity index is 1290. The van der Waals surface area contributed by atoms with Gasteiger partial charge in [-0.25, -0.2) is 19.9 Å². The molecule has 0 radical (unpaired) electrons. The first-order chi connectivity index (χ1) is 16.2. The van der Waals surface area contributed by atoms with Crippen molar-refractivity contribution in [1.29, 1.82) is 0 Å². The fraction of sp³-hybridized carbons (Fsp3) is 0.182. The molecule has 0 amide bonds. The number of aryl methyl sites for hydroxylation is 1. The molecule has 176 valence electrons. The second kappa shape index (κ2) is 9.86. The summed E-state index contributed by atoms with van der Waals surface area (Å²) in [4.78, 5) is 17.2. The largest absolute Gasteiger partial charge is 0.417 e. The number of alkyl halides is 3. The van der Waals surface area contributed by atoms with Crippen molar-refractivity contribution >= 4 is 35.0 Å². The highest BCUT2D eigenvalue weighted by Crippen LogP contribution is 2.35. The lowest BCUT2D eigenvalue weighted by Gasteiger charge is -2.13. The van der Waals surface area contributed by atoms with Crippen molar-refractivity contribution in [3.8, 4) is 22.6 Å². The van der Waals surface area contributed by atoms with Crippen LogP contribution in [0.2, 0.25) is 10.0 Å². The van der Waals surface area contributed by atoms with E-state index < -0.39 is 11.7 Å². The number of halogens is 5. The molecule has 0 bridgehead atoms. The van der Waals surface area contributed by atoms with Gasteiger partial charge in [0.25, 0.3) is 0 Å². The van der Waals surface area contributed by atoms with Crippen LogP contribution in [-0.2, 0) is 13.2 Å². The SMILES string of the molecule is Cn1ccnc1-c1cnc(NCCNc2ccc(C(F)(F)F)cn2)nc1-c1ccc(Cl)cc1Cl. The summed E-state index contributed by atoms with van der Waals surface area (Å²) in [5.74, 6) is 1.35. The van der Waals surface area contributed by atoms with Gasteiger partial charge in [-0.05, 0) is 30.3 Å². The van der Waals surface area contributed by atoms with Crippen LogP contribution in [0.15, 0.2) is 55.1 Å². The number of hydrogen-bond acceptors (Lipinski definition) is 6. The molecule has 0 aliphatic heterocycles. The second-order valence-corrected chi connectivity index (χ2v) is 8.07. The normalized spacial score (nSPS) is 11.5. The van der Waals surface area contributed by atoms with Crippen LogP contribution in [0.5, 0.6) is 0 Å². The van der Waals surface area contributed by atoms with Crippen molar-refractivity contribution < 1.29 is 13.2 Å². The zero-order valence-electron chi connectivity index (χ0n) is 17.7. The molecule has 12 heteroatoms. The van der Waals surface area contributed by atoms with Gasteiger partial charge in [0.05, 0.1) is 21.8 Å². The number of pyridine rings is 1. The Morgan fingerprint density at radius 3 is 2.38 bits per heavy atom. The Labute approximate surface area is 203 Å². The van der Waals surface area contributed by atoms with E-state index in [1.807, 2.05) is 17.8 Å². The number of hydrogen-bond donors (Lipinski definition) is 2. The van der Waals surface area contributed by atoms with Crippen LogP contribution in [0.25, 0.3) is 22.6 Å². The molecule has 0 spiro atoms. The van der Waals surface area contributed by atoms with Crippen molar-refractivity contribution in [2.24, 2.45) is 7.05 Å². The first-order valence-electron chi connectivity index (χ1n) is 10.0. The van der Waals surface area contributed by atoms with Gasteiger partial charge in [0.1, 0.15) is 11.6 Å². The molecule has 7 nitrogen and oxygen atoms in total. The zero-order valence-corrected chi connectivity index (χ0v) is 19.2. The van der Waals surface area contributed by atoms with Gasteiger partial charge >= 0.3 is 6.18 Å². The topological polar surface area (TPSA) is 80.5 Å². The van der Waals surface area contributed by atoms with Gasteiger partial charge < -0.3 is 15.2 Å². The Hall–Kier alpha value is -3.37. The van der Waals surface area contributed by atoms with Gasteiger partial charge in [-0.2, -0.15) is 13.2 Å². The summed E-state index contributed by atoms with van der Waals surface area (Å²) >= 11 is 12.5. The number of anilines is 2. The number of imidazole rings is 1. The molecule has 2 N–H and O–H groups in total. The fourth-order valence-corrected chi connectivity index (χ4v) is 3.67. The maximum atomic E-state index is 12.6. The van der Waals surface area contributed by atoms with Gasteiger partial charge in [0.2, 0.25) is 5.95 Å². The monoisotopic (exact) mass is 507 g/mol. The molecule has 0 fully saturated rings. The predicted molar refractivity (Wildman–Crippen MR) is 126 cm³/mol. The van der Waals surface area contributed by atoms with E-state index in [9.17, 15) is 13.2 Å². The smallest absolute Gasteiger partial charge is 0.368 e. The highest BCUT2D eigenvalue weighted by Gasteiger charge is 2.30. The summed E-state index contributed by atoms with van der Waals surface area (Å²) < 4.78 is 39.8. The number of benzene rings is 1. The first kappa shape index (κ1) is 23.8. The highest BCUT2D eigenvalue weighted by molar-refractivity contribution is 6.36. The number of rotatable bonds is 7. The minimum atomic E-state index is -4.42. The molecule has 0 aliphatic carbocycles. The standard InChI is InChI=1S/C22H18Cl2F3N7/c1-34-9-8-29-20(34)16-12-32-21(33-19(16)15-4-3-14(23)10-17(15)24)30-7-6-28-18-5-2-13(11-31-18)22(25,26)27/h2-5,8-12H,6-7H2,1H3,(H,28,31)(H,30,32,33). The summed E-state index contributed by atoms with van der Waals surface area (Å²) in [7, 11) is 1.86. The maximum Gasteiger partial charge on any atom is 0.417 e. The van der Waals surface area contributed by atoms with Crippen LogP contribution in [0.4, 0.5) is 24.9 Å². The van der Waals surface area contributed by atoms with Gasteiger partial charge in [0, 0.05) is 55.5 Å². The lowest BCUT2D eigenvalue weighted by molar-refractivity contribution is -0.137. The van der Waals surface area contributed by atoms with E-state index in [0.717, 1.165) is 12.3 Å². The molecule has 4 aromatic rings. The maximum absolute atomic E-state index is 12.6. The first-order valence-corrected chi connectivity index (χ1v) is 10.8. The summed E-state index contributed by atoms with van der Waals surface area (Å²) in [5, 5.41) is 6.98. The van der Waals surface area contributed by atoms with E-state index >= 15 is 0 Å². The van der Waals surface area contributed by atoms with E-state index in [4.69, 9.17) is 23.2 Å². The third-order valence-corrected chi connectivity index (χ3v) is 5.39. The molecule has 1 aromatic carbocycles. The minimum absolute atomic E-state index is 0.328. The molecule has 4 rings (SSSR count). The van der Waals surface area contributed by atoms with Gasteiger partial charge in [-0.1, -0.05) is 23.2 Å².